The normalized spacial score (nSPS) is 13.9. The van der Waals surface area contributed by atoms with Crippen molar-refractivity contribution >= 4 is 7.60 Å². The molecule has 0 amide bonds. The molecule has 2 N–H and O–H groups in total. The number of hydrogen-bond acceptors (Lipinski definition) is 3. The molecule has 0 aliphatic heterocycles. The lowest BCUT2D eigenvalue weighted by atomic mass is 10.2. The number of rotatable bonds is 4. The Kier molecular flexibility index (Phi) is 3.87. The topological polar surface area (TPSA) is 76.0 Å². The molecule has 0 fully saturated rings. The van der Waals surface area contributed by atoms with E-state index in [1.165, 1.54) is 28.1 Å². The Hall–Kier alpha value is 0.0700. The van der Waals surface area contributed by atoms with Crippen LogP contribution in [0.4, 0.5) is 0 Å². The van der Waals surface area contributed by atoms with Crippen LogP contribution in [0.25, 0.3) is 0 Å². The molecule has 0 aromatic rings. The fourth-order valence-electron chi connectivity index (χ4n) is 0.810. The van der Waals surface area contributed by atoms with Gasteiger partial charge in [-0.25, -0.2) is 0 Å². The van der Waals surface area contributed by atoms with Gasteiger partial charge in [-0.1, -0.05) is 0 Å². The summed E-state index contributed by atoms with van der Waals surface area (Å²) in [6.07, 6.45) is -0.904. The molecular weight excluding hydrogens is 183 g/mol. The van der Waals surface area contributed by atoms with Crippen LogP contribution in [-0.2, 0) is 14.0 Å². The van der Waals surface area contributed by atoms with Gasteiger partial charge in [0.1, 0.15) is 5.16 Å². The molecule has 0 aliphatic carbocycles. The maximum Gasteiger partial charge on any atom is 0.336 e. The van der Waals surface area contributed by atoms with Gasteiger partial charge >= 0.3 is 7.60 Å². The molecule has 0 atom stereocenters. The van der Waals surface area contributed by atoms with Crippen molar-refractivity contribution in [1.29, 1.82) is 0 Å². The van der Waals surface area contributed by atoms with Crippen LogP contribution in [0.2, 0.25) is 0 Å². The van der Waals surface area contributed by atoms with Crippen molar-refractivity contribution in [2.75, 3.05) is 14.2 Å². The molecule has 0 aliphatic rings. The summed E-state index contributed by atoms with van der Waals surface area (Å²) in [5, 5.41) is -1.32. The molecule has 0 saturated carbocycles. The summed E-state index contributed by atoms with van der Waals surface area (Å²) in [4.78, 5) is 17.9. The van der Waals surface area contributed by atoms with E-state index in [1.54, 1.807) is 0 Å². The summed E-state index contributed by atoms with van der Waals surface area (Å²) in [7, 11) is -1.53. The van der Waals surface area contributed by atoms with Gasteiger partial charge in [-0.3, -0.25) is 4.57 Å². The molecule has 0 heterocycles. The Bertz CT molecular complexity index is 180. The molecule has 5 nitrogen and oxygen atoms in total. The van der Waals surface area contributed by atoms with Crippen molar-refractivity contribution in [3.05, 3.63) is 0 Å². The second kappa shape index (κ2) is 3.85. The highest BCUT2D eigenvalue weighted by Crippen LogP contribution is 2.52. The zero-order valence-electron chi connectivity index (χ0n) is 7.64. The molecule has 12 heavy (non-hydrogen) atoms. The zero-order valence-corrected chi connectivity index (χ0v) is 8.54. The zero-order chi connectivity index (χ0) is 9.99. The second-order valence-corrected chi connectivity index (χ2v) is 5.24. The first-order valence-corrected chi connectivity index (χ1v) is 5.00. The second-order valence-electron chi connectivity index (χ2n) is 3.00. The van der Waals surface area contributed by atoms with Gasteiger partial charge in [0.25, 0.3) is 0 Å². The van der Waals surface area contributed by atoms with Gasteiger partial charge in [-0.05, 0) is 13.8 Å². The average Bonchev–Trinajstić information content (AvgIpc) is 1.87. The molecule has 0 radical (unpaired) electrons. The molecule has 0 saturated heterocycles. The minimum atomic E-state index is -4.21. The summed E-state index contributed by atoms with van der Waals surface area (Å²) in [6.45, 7) is 2.79. The quantitative estimate of drug-likeness (QED) is 0.510. The predicted octanol–water partition coefficient (Wildman–Crippen LogP) is 0.562. The van der Waals surface area contributed by atoms with Crippen LogP contribution in [0.1, 0.15) is 13.8 Å². The predicted molar refractivity (Wildman–Crippen MR) is 43.9 cm³/mol. The van der Waals surface area contributed by atoms with Crippen LogP contribution in [-0.4, -0.2) is 35.5 Å². The number of hydrogen-bond donors (Lipinski definition) is 2. The van der Waals surface area contributed by atoms with Crippen LogP contribution in [0.3, 0.4) is 0 Å². The highest BCUT2D eigenvalue weighted by atomic mass is 31.2. The Morgan fingerprint density at radius 3 is 1.67 bits per heavy atom. The van der Waals surface area contributed by atoms with E-state index >= 15 is 0 Å². The van der Waals surface area contributed by atoms with E-state index in [0.29, 0.717) is 0 Å². The minimum absolute atomic E-state index is 0.904. The van der Waals surface area contributed by atoms with Crippen molar-refractivity contribution in [2.24, 2.45) is 0 Å². The lowest BCUT2D eigenvalue weighted by Gasteiger charge is -2.31. The van der Waals surface area contributed by atoms with Crippen LogP contribution < -0.4 is 0 Å². The van der Waals surface area contributed by atoms with Gasteiger partial charge in [0.05, 0.1) is 0 Å². The first-order chi connectivity index (χ1) is 5.27. The SMILES string of the molecule is COC(OC)C(C)(C)P(=O)(O)O. The molecule has 0 spiro atoms. The molecule has 74 valence electrons. The first kappa shape index (κ1) is 12.1. The molecule has 0 aromatic carbocycles. The third-order valence-electron chi connectivity index (χ3n) is 1.76. The molecule has 0 unspecified atom stereocenters. The van der Waals surface area contributed by atoms with E-state index in [9.17, 15) is 4.57 Å². The molecule has 6 heteroatoms. The van der Waals surface area contributed by atoms with E-state index in [4.69, 9.17) is 19.3 Å². The van der Waals surface area contributed by atoms with Crippen molar-refractivity contribution in [1.82, 2.24) is 0 Å². The Morgan fingerprint density at radius 1 is 1.25 bits per heavy atom. The van der Waals surface area contributed by atoms with Crippen LogP contribution >= 0.6 is 7.60 Å². The van der Waals surface area contributed by atoms with Crippen molar-refractivity contribution in [3.8, 4) is 0 Å². The summed E-state index contributed by atoms with van der Waals surface area (Å²) in [5.41, 5.74) is 0. The average molecular weight is 198 g/mol. The number of ether oxygens (including phenoxy) is 2. The van der Waals surface area contributed by atoms with Gasteiger partial charge in [0.2, 0.25) is 0 Å². The van der Waals surface area contributed by atoms with E-state index in [1.807, 2.05) is 0 Å². The lowest BCUT2D eigenvalue weighted by Crippen LogP contribution is -2.38. The molecular formula is C6H15O5P. The summed E-state index contributed by atoms with van der Waals surface area (Å²) >= 11 is 0. The van der Waals surface area contributed by atoms with E-state index < -0.39 is 19.0 Å². The maximum absolute atomic E-state index is 10.9. The highest BCUT2D eigenvalue weighted by Gasteiger charge is 2.45. The van der Waals surface area contributed by atoms with Gasteiger partial charge < -0.3 is 19.3 Å². The van der Waals surface area contributed by atoms with Gasteiger partial charge in [-0.15, -0.1) is 0 Å². The van der Waals surface area contributed by atoms with Crippen molar-refractivity contribution in [3.63, 3.8) is 0 Å². The monoisotopic (exact) mass is 198 g/mol. The lowest BCUT2D eigenvalue weighted by molar-refractivity contribution is -0.124. The largest absolute Gasteiger partial charge is 0.355 e. The smallest absolute Gasteiger partial charge is 0.336 e. The third-order valence-corrected chi connectivity index (χ3v) is 3.47. The van der Waals surface area contributed by atoms with Crippen LogP contribution in [0.5, 0.6) is 0 Å². The Balaban J connectivity index is 4.70. The van der Waals surface area contributed by atoms with Gasteiger partial charge in [0.15, 0.2) is 6.29 Å². The summed E-state index contributed by atoms with van der Waals surface area (Å²) < 4.78 is 20.5. The van der Waals surface area contributed by atoms with Gasteiger partial charge in [0, 0.05) is 14.2 Å². The standard InChI is InChI=1S/C6H15O5P/c1-6(2,12(7,8)9)5(10-3)11-4/h5H,1-4H3,(H2,7,8,9). The Labute approximate surface area is 71.8 Å². The van der Waals surface area contributed by atoms with E-state index in [0.717, 1.165) is 0 Å². The Morgan fingerprint density at radius 2 is 1.58 bits per heavy atom. The summed E-state index contributed by atoms with van der Waals surface area (Å²) in [5.74, 6) is 0. The fourth-order valence-corrected chi connectivity index (χ4v) is 1.30. The number of methoxy groups -OCH3 is 2. The first-order valence-electron chi connectivity index (χ1n) is 3.38. The molecule has 0 rings (SSSR count). The van der Waals surface area contributed by atoms with E-state index in [2.05, 4.69) is 0 Å². The molecule has 0 aromatic heterocycles. The summed E-state index contributed by atoms with van der Waals surface area (Å²) in [6, 6.07) is 0. The maximum atomic E-state index is 10.9. The molecule has 0 bridgehead atoms. The van der Waals surface area contributed by atoms with Gasteiger partial charge in [-0.2, -0.15) is 0 Å². The van der Waals surface area contributed by atoms with Crippen molar-refractivity contribution in [2.45, 2.75) is 25.3 Å². The minimum Gasteiger partial charge on any atom is -0.355 e. The van der Waals surface area contributed by atoms with E-state index in [-0.39, 0.29) is 0 Å². The fraction of sp³-hybridized carbons (Fsp3) is 1.00. The highest BCUT2D eigenvalue weighted by molar-refractivity contribution is 7.53. The van der Waals surface area contributed by atoms with Crippen molar-refractivity contribution < 1.29 is 23.8 Å². The third kappa shape index (κ3) is 2.28. The van der Waals surface area contributed by atoms with Crippen LogP contribution in [0.15, 0.2) is 0 Å². The van der Waals surface area contributed by atoms with Crippen LogP contribution in [0, 0.1) is 0 Å².